The van der Waals surface area contributed by atoms with Gasteiger partial charge in [0.2, 0.25) is 11.8 Å². The lowest BCUT2D eigenvalue weighted by Gasteiger charge is -2.46. The molecule has 0 aromatic carbocycles. The first-order valence-electron chi connectivity index (χ1n) is 11.9. The molecule has 176 valence electrons. The average Bonchev–Trinajstić information content (AvgIpc) is 2.73. The molecule has 2 amide bonds. The third kappa shape index (κ3) is 5.92. The Bertz CT molecular complexity index is 840. The van der Waals surface area contributed by atoms with Gasteiger partial charge >= 0.3 is 0 Å². The van der Waals surface area contributed by atoms with Gasteiger partial charge in [0, 0.05) is 36.9 Å². The number of piperidine rings is 1. The van der Waals surface area contributed by atoms with Crippen LogP contribution in [-0.4, -0.2) is 41.6 Å². The van der Waals surface area contributed by atoms with E-state index < -0.39 is 6.04 Å². The normalized spacial score (nSPS) is 26.4. The average molecular weight is 461 g/mol. The van der Waals surface area contributed by atoms with Crippen molar-refractivity contribution in [3.05, 3.63) is 34.9 Å². The summed E-state index contributed by atoms with van der Waals surface area (Å²) in [6.07, 6.45) is 12.1. The Morgan fingerprint density at radius 3 is 2.56 bits per heavy atom. The SMILES string of the molecule is CC(C)[C@@H](NC(=O)CC1C=CCCC1=O)C(=O)N1CC[C@H](C2=CC=C(Cl)CC2)C(C)(C)C1. The molecule has 5 nitrogen and oxygen atoms in total. The fourth-order valence-electron chi connectivity index (χ4n) is 5.25. The van der Waals surface area contributed by atoms with Crippen LogP contribution >= 0.6 is 11.6 Å². The molecule has 2 aliphatic carbocycles. The topological polar surface area (TPSA) is 66.5 Å². The van der Waals surface area contributed by atoms with E-state index in [0.717, 1.165) is 30.7 Å². The second kappa shape index (κ2) is 10.4. The molecule has 1 N–H and O–H groups in total. The predicted molar refractivity (Wildman–Crippen MR) is 128 cm³/mol. The van der Waals surface area contributed by atoms with Gasteiger partial charge in [0.1, 0.15) is 11.8 Å². The molecule has 0 bridgehead atoms. The first-order valence-corrected chi connectivity index (χ1v) is 12.3. The zero-order chi connectivity index (χ0) is 23.5. The van der Waals surface area contributed by atoms with Crippen LogP contribution in [0.2, 0.25) is 0 Å². The minimum atomic E-state index is -0.576. The molecule has 3 aliphatic rings. The molecule has 1 fully saturated rings. The number of hydrogen-bond donors (Lipinski definition) is 1. The zero-order valence-electron chi connectivity index (χ0n) is 19.8. The van der Waals surface area contributed by atoms with Crippen molar-refractivity contribution in [1.29, 1.82) is 0 Å². The van der Waals surface area contributed by atoms with Crippen LogP contribution in [0.5, 0.6) is 0 Å². The van der Waals surface area contributed by atoms with Crippen molar-refractivity contribution in [2.75, 3.05) is 13.1 Å². The fraction of sp³-hybridized carbons (Fsp3) is 0.654. The van der Waals surface area contributed by atoms with E-state index in [1.807, 2.05) is 37.0 Å². The minimum absolute atomic E-state index is 0.0223. The summed E-state index contributed by atoms with van der Waals surface area (Å²) in [5.41, 5.74) is 1.37. The van der Waals surface area contributed by atoms with Crippen molar-refractivity contribution in [2.45, 2.75) is 72.3 Å². The Morgan fingerprint density at radius 2 is 1.97 bits per heavy atom. The quantitative estimate of drug-likeness (QED) is 0.580. The van der Waals surface area contributed by atoms with Gasteiger partial charge < -0.3 is 10.2 Å². The van der Waals surface area contributed by atoms with Crippen LogP contribution < -0.4 is 5.32 Å². The van der Waals surface area contributed by atoms with Crippen LogP contribution in [0.3, 0.4) is 0 Å². The van der Waals surface area contributed by atoms with Crippen LogP contribution in [0, 0.1) is 23.2 Å². The third-order valence-corrected chi connectivity index (χ3v) is 7.43. The van der Waals surface area contributed by atoms with Crippen molar-refractivity contribution in [2.24, 2.45) is 23.2 Å². The molecule has 1 unspecified atom stereocenters. The van der Waals surface area contributed by atoms with Crippen LogP contribution in [-0.2, 0) is 14.4 Å². The van der Waals surface area contributed by atoms with E-state index >= 15 is 0 Å². The molecule has 6 heteroatoms. The summed E-state index contributed by atoms with van der Waals surface area (Å²) < 4.78 is 0. The molecule has 1 heterocycles. The largest absolute Gasteiger partial charge is 0.344 e. The maximum atomic E-state index is 13.4. The molecule has 0 aromatic rings. The number of nitrogens with zero attached hydrogens (tertiary/aromatic N) is 1. The van der Waals surface area contributed by atoms with Gasteiger partial charge in [-0.15, -0.1) is 0 Å². The lowest BCUT2D eigenvalue weighted by molar-refractivity contribution is -0.141. The molecule has 0 saturated carbocycles. The van der Waals surface area contributed by atoms with E-state index in [1.54, 1.807) is 0 Å². The van der Waals surface area contributed by atoms with Crippen LogP contribution in [0.25, 0.3) is 0 Å². The second-order valence-electron chi connectivity index (χ2n) is 10.5. The number of likely N-dealkylation sites (tertiary alicyclic amines) is 1. The number of Topliss-reactive ketones (excluding diaryl/α,β-unsaturated/α-hetero) is 1. The highest BCUT2D eigenvalue weighted by atomic mass is 35.5. The summed E-state index contributed by atoms with van der Waals surface area (Å²) in [5.74, 6) is -0.125. The highest BCUT2D eigenvalue weighted by Crippen LogP contribution is 2.43. The van der Waals surface area contributed by atoms with Gasteiger partial charge in [-0.2, -0.15) is 0 Å². The number of rotatable bonds is 6. The summed E-state index contributed by atoms with van der Waals surface area (Å²) in [4.78, 5) is 40.1. The van der Waals surface area contributed by atoms with E-state index in [9.17, 15) is 14.4 Å². The maximum absolute atomic E-state index is 13.4. The minimum Gasteiger partial charge on any atom is -0.344 e. The van der Waals surface area contributed by atoms with Gasteiger partial charge in [-0.3, -0.25) is 14.4 Å². The Labute approximate surface area is 197 Å². The van der Waals surface area contributed by atoms with Crippen molar-refractivity contribution in [3.63, 3.8) is 0 Å². The summed E-state index contributed by atoms with van der Waals surface area (Å²) >= 11 is 6.14. The third-order valence-electron chi connectivity index (χ3n) is 7.11. The number of carbonyl (C=O) groups excluding carboxylic acids is 3. The molecule has 0 spiro atoms. The summed E-state index contributed by atoms with van der Waals surface area (Å²) in [5, 5.41) is 3.84. The number of halogens is 1. The molecule has 3 rings (SSSR count). The number of nitrogens with one attached hydrogen (secondary N) is 1. The predicted octanol–water partition coefficient (Wildman–Crippen LogP) is 4.77. The van der Waals surface area contributed by atoms with Crippen molar-refractivity contribution >= 4 is 29.2 Å². The van der Waals surface area contributed by atoms with Gasteiger partial charge in [0.25, 0.3) is 0 Å². The first-order chi connectivity index (χ1) is 15.1. The standard InChI is InChI=1S/C26H37ClN2O3/c1-17(2)24(28-23(31)15-19-7-5-6-8-22(19)30)25(32)29-14-13-21(26(3,4)16-29)18-9-11-20(27)12-10-18/h5,7,9,11,17,19,21,24H,6,8,10,12-16H2,1-4H3,(H,28,31)/t19?,21-,24-/m1/s1. The van der Waals surface area contributed by atoms with Crippen molar-refractivity contribution < 1.29 is 14.4 Å². The maximum Gasteiger partial charge on any atom is 0.245 e. The lowest BCUT2D eigenvalue weighted by atomic mass is 9.68. The van der Waals surface area contributed by atoms with Crippen LogP contribution in [0.4, 0.5) is 0 Å². The molecule has 32 heavy (non-hydrogen) atoms. The Kier molecular flexibility index (Phi) is 8.02. The summed E-state index contributed by atoms with van der Waals surface area (Å²) in [6, 6.07) is -0.576. The van der Waals surface area contributed by atoms with Crippen molar-refractivity contribution in [3.8, 4) is 0 Å². The van der Waals surface area contributed by atoms with E-state index in [0.29, 0.717) is 25.4 Å². The summed E-state index contributed by atoms with van der Waals surface area (Å²) in [6.45, 7) is 9.70. The van der Waals surface area contributed by atoms with Gasteiger partial charge in [-0.1, -0.05) is 63.1 Å². The molecular weight excluding hydrogens is 424 g/mol. The summed E-state index contributed by atoms with van der Waals surface area (Å²) in [7, 11) is 0. The van der Waals surface area contributed by atoms with E-state index in [4.69, 9.17) is 11.6 Å². The molecule has 3 atom stereocenters. The highest BCUT2D eigenvalue weighted by molar-refractivity contribution is 6.29. The zero-order valence-corrected chi connectivity index (χ0v) is 20.6. The number of carbonyl (C=O) groups is 3. The van der Waals surface area contributed by atoms with Gasteiger partial charge in [-0.05, 0) is 49.0 Å². The Morgan fingerprint density at radius 1 is 1.22 bits per heavy atom. The van der Waals surface area contributed by atoms with Crippen molar-refractivity contribution in [1.82, 2.24) is 10.2 Å². The number of hydrogen-bond acceptors (Lipinski definition) is 3. The van der Waals surface area contributed by atoms with Gasteiger partial charge in [-0.25, -0.2) is 0 Å². The molecule has 1 saturated heterocycles. The fourth-order valence-corrected chi connectivity index (χ4v) is 5.41. The van der Waals surface area contributed by atoms with Crippen LogP contribution in [0.15, 0.2) is 34.9 Å². The Balaban J connectivity index is 1.64. The lowest BCUT2D eigenvalue weighted by Crippen LogP contribution is -2.56. The number of allylic oxidation sites excluding steroid dienone is 6. The van der Waals surface area contributed by atoms with Gasteiger partial charge in [0.15, 0.2) is 0 Å². The monoisotopic (exact) mass is 460 g/mol. The molecule has 0 aromatic heterocycles. The van der Waals surface area contributed by atoms with E-state index in [-0.39, 0.29) is 41.3 Å². The first kappa shape index (κ1) is 24.8. The smallest absolute Gasteiger partial charge is 0.245 e. The van der Waals surface area contributed by atoms with E-state index in [2.05, 4.69) is 25.2 Å². The highest BCUT2D eigenvalue weighted by Gasteiger charge is 2.41. The molecule has 0 radical (unpaired) electrons. The van der Waals surface area contributed by atoms with Crippen LogP contribution in [0.1, 0.15) is 66.2 Å². The number of ketones is 1. The molecule has 1 aliphatic heterocycles. The van der Waals surface area contributed by atoms with E-state index in [1.165, 1.54) is 5.57 Å². The Hall–Kier alpha value is -1.88. The molecular formula is C26H37ClN2O3. The van der Waals surface area contributed by atoms with Gasteiger partial charge in [0.05, 0.1) is 0 Å². The number of amides is 2. The second-order valence-corrected chi connectivity index (χ2v) is 11.0.